The Morgan fingerprint density at radius 1 is 1.38 bits per heavy atom. The molecule has 0 bridgehead atoms. The first-order valence-electron chi connectivity index (χ1n) is 7.33. The van der Waals surface area contributed by atoms with Crippen LogP contribution in [0, 0.1) is 5.92 Å². The standard InChI is InChI=1S/C16H24N2O3/c1-11-5-4-8-18(16(11)19)10-14(17)13-9-12(20-2)6-7-15(13)21-3/h6-7,9,11,14H,4-5,8,10,17H2,1-3H3. The summed E-state index contributed by atoms with van der Waals surface area (Å²) in [6.07, 6.45) is 2.00. The van der Waals surface area contributed by atoms with Crippen molar-refractivity contribution in [2.24, 2.45) is 11.7 Å². The number of amides is 1. The fraction of sp³-hybridized carbons (Fsp3) is 0.562. The smallest absolute Gasteiger partial charge is 0.225 e. The molecule has 0 radical (unpaired) electrons. The van der Waals surface area contributed by atoms with E-state index in [-0.39, 0.29) is 17.9 Å². The zero-order valence-corrected chi connectivity index (χ0v) is 13.0. The van der Waals surface area contributed by atoms with Gasteiger partial charge in [-0.05, 0) is 31.0 Å². The van der Waals surface area contributed by atoms with E-state index < -0.39 is 0 Å². The van der Waals surface area contributed by atoms with Crippen LogP contribution in [0.4, 0.5) is 0 Å². The first-order chi connectivity index (χ1) is 10.1. The molecule has 1 aromatic rings. The molecule has 1 fully saturated rings. The molecule has 2 unspecified atom stereocenters. The second kappa shape index (κ2) is 6.80. The van der Waals surface area contributed by atoms with Gasteiger partial charge in [0.2, 0.25) is 5.91 Å². The molecule has 1 amide bonds. The summed E-state index contributed by atoms with van der Waals surface area (Å²) in [4.78, 5) is 14.0. The summed E-state index contributed by atoms with van der Waals surface area (Å²) in [5.74, 6) is 1.75. The molecular weight excluding hydrogens is 268 g/mol. The lowest BCUT2D eigenvalue weighted by Gasteiger charge is -2.33. The van der Waals surface area contributed by atoms with Gasteiger partial charge in [0.15, 0.2) is 0 Å². The number of hydrogen-bond acceptors (Lipinski definition) is 4. The quantitative estimate of drug-likeness (QED) is 0.901. The van der Waals surface area contributed by atoms with E-state index in [9.17, 15) is 4.79 Å². The van der Waals surface area contributed by atoms with Gasteiger partial charge in [0.1, 0.15) is 11.5 Å². The second-order valence-electron chi connectivity index (χ2n) is 5.54. The summed E-state index contributed by atoms with van der Waals surface area (Å²) < 4.78 is 10.6. The zero-order chi connectivity index (χ0) is 15.4. The average molecular weight is 292 g/mol. The highest BCUT2D eigenvalue weighted by atomic mass is 16.5. The highest BCUT2D eigenvalue weighted by Gasteiger charge is 2.27. The van der Waals surface area contributed by atoms with Crippen molar-refractivity contribution >= 4 is 5.91 Å². The van der Waals surface area contributed by atoms with Gasteiger partial charge in [-0.25, -0.2) is 0 Å². The number of rotatable bonds is 5. The van der Waals surface area contributed by atoms with Crippen LogP contribution in [-0.2, 0) is 4.79 Å². The van der Waals surface area contributed by atoms with Gasteiger partial charge in [0.05, 0.1) is 20.3 Å². The molecule has 1 aromatic carbocycles. The number of likely N-dealkylation sites (tertiary alicyclic amines) is 1. The van der Waals surface area contributed by atoms with Gasteiger partial charge in [-0.2, -0.15) is 0 Å². The van der Waals surface area contributed by atoms with Crippen molar-refractivity contribution in [3.63, 3.8) is 0 Å². The first kappa shape index (κ1) is 15.6. The molecule has 2 N–H and O–H groups in total. The number of methoxy groups -OCH3 is 2. The molecule has 1 aliphatic heterocycles. The van der Waals surface area contributed by atoms with E-state index in [4.69, 9.17) is 15.2 Å². The summed E-state index contributed by atoms with van der Waals surface area (Å²) in [5, 5.41) is 0. The number of carbonyl (C=O) groups excluding carboxylic acids is 1. The molecule has 0 aliphatic carbocycles. The topological polar surface area (TPSA) is 64.8 Å². The Labute approximate surface area is 126 Å². The van der Waals surface area contributed by atoms with Crippen molar-refractivity contribution in [2.75, 3.05) is 27.3 Å². The van der Waals surface area contributed by atoms with Crippen LogP contribution >= 0.6 is 0 Å². The summed E-state index contributed by atoms with van der Waals surface area (Å²) in [7, 11) is 3.24. The number of carbonyl (C=O) groups is 1. The Hall–Kier alpha value is -1.75. The monoisotopic (exact) mass is 292 g/mol. The maximum absolute atomic E-state index is 12.2. The number of benzene rings is 1. The predicted molar refractivity (Wildman–Crippen MR) is 81.5 cm³/mol. The van der Waals surface area contributed by atoms with Gasteiger partial charge < -0.3 is 20.1 Å². The van der Waals surface area contributed by atoms with Gasteiger partial charge in [-0.15, -0.1) is 0 Å². The molecule has 0 spiro atoms. The Morgan fingerprint density at radius 2 is 2.14 bits per heavy atom. The Morgan fingerprint density at radius 3 is 2.81 bits per heavy atom. The molecule has 2 rings (SSSR count). The van der Waals surface area contributed by atoms with Crippen LogP contribution in [0.1, 0.15) is 31.4 Å². The summed E-state index contributed by atoms with van der Waals surface area (Å²) in [6, 6.07) is 5.27. The third-order valence-electron chi connectivity index (χ3n) is 4.05. The number of ether oxygens (including phenoxy) is 2. The Bertz CT molecular complexity index is 504. The van der Waals surface area contributed by atoms with Crippen LogP contribution in [0.5, 0.6) is 11.5 Å². The van der Waals surface area contributed by atoms with Crippen LogP contribution in [0.3, 0.4) is 0 Å². The van der Waals surface area contributed by atoms with Crippen LogP contribution in [-0.4, -0.2) is 38.1 Å². The van der Waals surface area contributed by atoms with Gasteiger partial charge in [0.25, 0.3) is 0 Å². The van der Waals surface area contributed by atoms with Gasteiger partial charge >= 0.3 is 0 Å². The minimum atomic E-state index is -0.288. The third-order valence-corrected chi connectivity index (χ3v) is 4.05. The highest BCUT2D eigenvalue weighted by Crippen LogP contribution is 2.29. The van der Waals surface area contributed by atoms with E-state index in [0.717, 1.165) is 36.4 Å². The summed E-state index contributed by atoms with van der Waals surface area (Å²) in [6.45, 7) is 3.27. The van der Waals surface area contributed by atoms with Gasteiger partial charge in [0, 0.05) is 24.6 Å². The Kier molecular flexibility index (Phi) is 5.07. The molecule has 1 saturated heterocycles. The lowest BCUT2D eigenvalue weighted by Crippen LogP contribution is -2.43. The van der Waals surface area contributed by atoms with E-state index in [1.54, 1.807) is 14.2 Å². The van der Waals surface area contributed by atoms with Crippen molar-refractivity contribution in [1.82, 2.24) is 4.90 Å². The van der Waals surface area contributed by atoms with Crippen molar-refractivity contribution in [1.29, 1.82) is 0 Å². The number of piperidine rings is 1. The number of nitrogens with zero attached hydrogens (tertiary/aromatic N) is 1. The van der Waals surface area contributed by atoms with Crippen LogP contribution < -0.4 is 15.2 Å². The van der Waals surface area contributed by atoms with Crippen molar-refractivity contribution < 1.29 is 14.3 Å². The van der Waals surface area contributed by atoms with Crippen LogP contribution in [0.15, 0.2) is 18.2 Å². The van der Waals surface area contributed by atoms with Gasteiger partial charge in [-0.3, -0.25) is 4.79 Å². The first-order valence-corrected chi connectivity index (χ1v) is 7.33. The SMILES string of the molecule is COc1ccc(OC)c(C(N)CN2CCCC(C)C2=O)c1. The fourth-order valence-electron chi connectivity index (χ4n) is 2.78. The van der Waals surface area contributed by atoms with E-state index in [0.29, 0.717) is 6.54 Å². The molecule has 116 valence electrons. The molecule has 5 heteroatoms. The lowest BCUT2D eigenvalue weighted by molar-refractivity contribution is -0.138. The molecule has 0 aromatic heterocycles. The van der Waals surface area contributed by atoms with Crippen molar-refractivity contribution in [3.05, 3.63) is 23.8 Å². The molecular formula is C16H24N2O3. The molecule has 1 heterocycles. The van der Waals surface area contributed by atoms with E-state index in [2.05, 4.69) is 0 Å². The summed E-state index contributed by atoms with van der Waals surface area (Å²) in [5.41, 5.74) is 7.17. The molecule has 21 heavy (non-hydrogen) atoms. The average Bonchev–Trinajstić information content (AvgIpc) is 2.51. The van der Waals surface area contributed by atoms with E-state index in [1.807, 2.05) is 30.0 Å². The molecule has 2 atom stereocenters. The highest BCUT2D eigenvalue weighted by molar-refractivity contribution is 5.79. The zero-order valence-electron chi connectivity index (χ0n) is 13.0. The fourth-order valence-corrected chi connectivity index (χ4v) is 2.78. The van der Waals surface area contributed by atoms with E-state index in [1.165, 1.54) is 0 Å². The predicted octanol–water partition coefficient (Wildman–Crippen LogP) is 1.96. The maximum atomic E-state index is 12.2. The Balaban J connectivity index is 2.15. The van der Waals surface area contributed by atoms with E-state index >= 15 is 0 Å². The molecule has 5 nitrogen and oxygen atoms in total. The van der Waals surface area contributed by atoms with Crippen LogP contribution in [0.2, 0.25) is 0 Å². The number of hydrogen-bond donors (Lipinski definition) is 1. The third kappa shape index (κ3) is 3.47. The normalized spacial score (nSPS) is 20.3. The lowest BCUT2D eigenvalue weighted by atomic mass is 9.97. The van der Waals surface area contributed by atoms with Crippen LogP contribution in [0.25, 0.3) is 0 Å². The summed E-state index contributed by atoms with van der Waals surface area (Å²) >= 11 is 0. The largest absolute Gasteiger partial charge is 0.497 e. The molecule has 1 aliphatic rings. The van der Waals surface area contributed by atoms with Gasteiger partial charge in [-0.1, -0.05) is 6.92 Å². The number of nitrogens with two attached hydrogens (primary N) is 1. The second-order valence-corrected chi connectivity index (χ2v) is 5.54. The van der Waals surface area contributed by atoms with Crippen molar-refractivity contribution in [3.8, 4) is 11.5 Å². The molecule has 0 saturated carbocycles. The minimum absolute atomic E-state index is 0.0955. The minimum Gasteiger partial charge on any atom is -0.497 e. The van der Waals surface area contributed by atoms with Crippen molar-refractivity contribution in [2.45, 2.75) is 25.8 Å². The maximum Gasteiger partial charge on any atom is 0.225 e.